The fourth-order valence-corrected chi connectivity index (χ4v) is 1.57. The van der Waals surface area contributed by atoms with Crippen LogP contribution in [0.5, 0.6) is 17.2 Å². The van der Waals surface area contributed by atoms with Crippen molar-refractivity contribution in [3.8, 4) is 17.2 Å². The molecule has 16 heavy (non-hydrogen) atoms. The SMILES string of the molecule is CC(N)C(=O)c1c(O)ccc2c1OCCO2. The van der Waals surface area contributed by atoms with Gasteiger partial charge in [0, 0.05) is 0 Å². The van der Waals surface area contributed by atoms with Crippen molar-refractivity contribution in [2.24, 2.45) is 5.73 Å². The number of nitrogens with two attached hydrogens (primary N) is 1. The van der Waals surface area contributed by atoms with E-state index in [0.717, 1.165) is 0 Å². The van der Waals surface area contributed by atoms with Gasteiger partial charge in [-0.1, -0.05) is 0 Å². The molecule has 1 aromatic carbocycles. The molecule has 1 aromatic rings. The number of Topliss-reactive ketones (excluding diaryl/α,β-unsaturated/α-hetero) is 1. The third-order valence-electron chi connectivity index (χ3n) is 2.35. The van der Waals surface area contributed by atoms with E-state index in [1.807, 2.05) is 0 Å². The van der Waals surface area contributed by atoms with Gasteiger partial charge in [0.25, 0.3) is 0 Å². The van der Waals surface area contributed by atoms with Crippen molar-refractivity contribution in [3.05, 3.63) is 17.7 Å². The molecule has 0 aromatic heterocycles. The van der Waals surface area contributed by atoms with Gasteiger partial charge in [-0.15, -0.1) is 0 Å². The summed E-state index contributed by atoms with van der Waals surface area (Å²) >= 11 is 0. The van der Waals surface area contributed by atoms with E-state index in [2.05, 4.69) is 0 Å². The molecule has 5 nitrogen and oxygen atoms in total. The Morgan fingerprint density at radius 3 is 2.81 bits per heavy atom. The number of rotatable bonds is 2. The standard InChI is InChI=1S/C11H13NO4/c1-6(12)10(14)9-7(13)2-3-8-11(9)16-5-4-15-8/h2-3,6,13H,4-5,12H2,1H3. The highest BCUT2D eigenvalue weighted by Gasteiger charge is 2.25. The molecule has 1 aliphatic rings. The number of aromatic hydroxyl groups is 1. The number of phenols is 1. The molecule has 0 radical (unpaired) electrons. The summed E-state index contributed by atoms with van der Waals surface area (Å²) in [6, 6.07) is 2.29. The van der Waals surface area contributed by atoms with Crippen LogP contribution in [-0.4, -0.2) is 30.1 Å². The largest absolute Gasteiger partial charge is 0.507 e. The van der Waals surface area contributed by atoms with Crippen LogP contribution in [0.4, 0.5) is 0 Å². The fourth-order valence-electron chi connectivity index (χ4n) is 1.57. The summed E-state index contributed by atoms with van der Waals surface area (Å²) in [5.41, 5.74) is 5.62. The van der Waals surface area contributed by atoms with Gasteiger partial charge < -0.3 is 20.3 Å². The molecule has 0 spiro atoms. The number of hydrogen-bond acceptors (Lipinski definition) is 5. The van der Waals surface area contributed by atoms with E-state index in [-0.39, 0.29) is 22.8 Å². The minimum absolute atomic E-state index is 0.104. The molecule has 1 unspecified atom stereocenters. The van der Waals surface area contributed by atoms with Crippen molar-refractivity contribution in [1.82, 2.24) is 0 Å². The second-order valence-electron chi connectivity index (χ2n) is 3.64. The topological polar surface area (TPSA) is 81.8 Å². The van der Waals surface area contributed by atoms with Crippen molar-refractivity contribution in [1.29, 1.82) is 0 Å². The lowest BCUT2D eigenvalue weighted by molar-refractivity contribution is 0.0953. The quantitative estimate of drug-likeness (QED) is 0.721. The molecule has 0 aliphatic carbocycles. The summed E-state index contributed by atoms with van der Waals surface area (Å²) in [6.45, 7) is 2.35. The Hall–Kier alpha value is -1.75. The second kappa shape index (κ2) is 4.02. The number of benzene rings is 1. The Labute approximate surface area is 92.8 Å². The maximum Gasteiger partial charge on any atom is 0.186 e. The Kier molecular flexibility index (Phi) is 2.70. The Morgan fingerprint density at radius 1 is 1.44 bits per heavy atom. The second-order valence-corrected chi connectivity index (χ2v) is 3.64. The van der Waals surface area contributed by atoms with Crippen molar-refractivity contribution in [2.45, 2.75) is 13.0 Å². The highest BCUT2D eigenvalue weighted by Crippen LogP contribution is 2.39. The van der Waals surface area contributed by atoms with Crippen LogP contribution < -0.4 is 15.2 Å². The highest BCUT2D eigenvalue weighted by molar-refractivity contribution is 6.05. The lowest BCUT2D eigenvalue weighted by Crippen LogP contribution is -2.28. The number of fused-ring (bicyclic) bond motifs is 1. The van der Waals surface area contributed by atoms with Crippen molar-refractivity contribution >= 4 is 5.78 Å². The van der Waals surface area contributed by atoms with Crippen molar-refractivity contribution in [2.75, 3.05) is 13.2 Å². The van der Waals surface area contributed by atoms with Crippen LogP contribution in [-0.2, 0) is 0 Å². The van der Waals surface area contributed by atoms with Gasteiger partial charge in [-0.2, -0.15) is 0 Å². The lowest BCUT2D eigenvalue weighted by atomic mass is 10.0. The van der Waals surface area contributed by atoms with Gasteiger partial charge in [0.05, 0.1) is 6.04 Å². The number of ether oxygens (including phenoxy) is 2. The third-order valence-corrected chi connectivity index (χ3v) is 2.35. The molecule has 0 saturated carbocycles. The predicted octanol–water partition coefficient (Wildman–Crippen LogP) is 0.693. The zero-order chi connectivity index (χ0) is 11.7. The van der Waals surface area contributed by atoms with E-state index in [1.54, 1.807) is 13.0 Å². The van der Waals surface area contributed by atoms with Gasteiger partial charge in [0.1, 0.15) is 24.5 Å². The zero-order valence-corrected chi connectivity index (χ0v) is 8.90. The molecule has 0 amide bonds. The normalized spacial score (nSPS) is 15.6. The molecule has 1 heterocycles. The molecule has 86 valence electrons. The minimum Gasteiger partial charge on any atom is -0.507 e. The smallest absolute Gasteiger partial charge is 0.186 e. The molecule has 1 aliphatic heterocycles. The van der Waals surface area contributed by atoms with E-state index < -0.39 is 6.04 Å². The summed E-state index contributed by atoms with van der Waals surface area (Å²) in [5.74, 6) is 0.257. The van der Waals surface area contributed by atoms with Crippen LogP contribution in [0.15, 0.2) is 12.1 Å². The Bertz CT molecular complexity index is 428. The number of carbonyl (C=O) groups excluding carboxylic acids is 1. The van der Waals surface area contributed by atoms with E-state index in [0.29, 0.717) is 19.0 Å². The molecular weight excluding hydrogens is 210 g/mol. The fraction of sp³-hybridized carbons (Fsp3) is 0.364. The molecule has 0 saturated heterocycles. The predicted molar refractivity (Wildman–Crippen MR) is 57.1 cm³/mol. The Balaban J connectivity index is 2.54. The number of phenolic OH excluding ortho intramolecular Hbond substituents is 1. The average molecular weight is 223 g/mol. The molecule has 2 rings (SSSR count). The number of ketones is 1. The molecule has 0 fully saturated rings. The van der Waals surface area contributed by atoms with Gasteiger partial charge >= 0.3 is 0 Å². The van der Waals surface area contributed by atoms with Gasteiger partial charge in [0.2, 0.25) is 0 Å². The monoisotopic (exact) mass is 223 g/mol. The van der Waals surface area contributed by atoms with Gasteiger partial charge in [-0.05, 0) is 19.1 Å². The summed E-state index contributed by atoms with van der Waals surface area (Å²) in [5, 5.41) is 9.67. The van der Waals surface area contributed by atoms with Gasteiger partial charge in [-0.3, -0.25) is 4.79 Å². The van der Waals surface area contributed by atoms with E-state index in [4.69, 9.17) is 15.2 Å². The summed E-state index contributed by atoms with van der Waals surface area (Å²) < 4.78 is 10.7. The maximum atomic E-state index is 11.8. The average Bonchev–Trinajstić information content (AvgIpc) is 2.28. The van der Waals surface area contributed by atoms with E-state index in [9.17, 15) is 9.90 Å². The lowest BCUT2D eigenvalue weighted by Gasteiger charge is -2.21. The maximum absolute atomic E-state index is 11.8. The zero-order valence-electron chi connectivity index (χ0n) is 8.90. The molecular formula is C11H13NO4. The first-order valence-electron chi connectivity index (χ1n) is 5.02. The van der Waals surface area contributed by atoms with Crippen LogP contribution in [0.2, 0.25) is 0 Å². The molecule has 0 bridgehead atoms. The van der Waals surface area contributed by atoms with Gasteiger partial charge in [0.15, 0.2) is 17.3 Å². The molecule has 5 heteroatoms. The first-order valence-corrected chi connectivity index (χ1v) is 5.02. The molecule has 3 N–H and O–H groups in total. The van der Waals surface area contributed by atoms with Crippen LogP contribution in [0.25, 0.3) is 0 Å². The first-order chi connectivity index (χ1) is 7.61. The van der Waals surface area contributed by atoms with Gasteiger partial charge in [-0.25, -0.2) is 0 Å². The third kappa shape index (κ3) is 1.69. The van der Waals surface area contributed by atoms with E-state index >= 15 is 0 Å². The van der Waals surface area contributed by atoms with Crippen molar-refractivity contribution < 1.29 is 19.4 Å². The van der Waals surface area contributed by atoms with Crippen LogP contribution >= 0.6 is 0 Å². The molecule has 1 atom stereocenters. The summed E-state index contributed by atoms with van der Waals surface area (Å²) in [6.07, 6.45) is 0. The van der Waals surface area contributed by atoms with Crippen LogP contribution in [0, 0.1) is 0 Å². The summed E-state index contributed by atoms with van der Waals surface area (Å²) in [7, 11) is 0. The number of hydrogen-bond donors (Lipinski definition) is 2. The minimum atomic E-state index is -0.692. The first kappa shape index (κ1) is 10.8. The van der Waals surface area contributed by atoms with Crippen molar-refractivity contribution in [3.63, 3.8) is 0 Å². The van der Waals surface area contributed by atoms with E-state index in [1.165, 1.54) is 6.07 Å². The summed E-state index contributed by atoms with van der Waals surface area (Å²) in [4.78, 5) is 11.8. The van der Waals surface area contributed by atoms with Crippen LogP contribution in [0.3, 0.4) is 0 Å². The number of carbonyl (C=O) groups is 1. The van der Waals surface area contributed by atoms with Crippen LogP contribution in [0.1, 0.15) is 17.3 Å². The highest BCUT2D eigenvalue weighted by atomic mass is 16.6. The Morgan fingerprint density at radius 2 is 2.12 bits per heavy atom.